The first-order valence-corrected chi connectivity index (χ1v) is 7.00. The molecule has 1 atom stereocenters. The Balaban J connectivity index is 0.000000191. The highest BCUT2D eigenvalue weighted by atomic mass is 19.1. The largest absolute Gasteiger partial charge is 0.207 e. The molecule has 1 aromatic carbocycles. The van der Waals surface area contributed by atoms with Crippen LogP contribution >= 0.6 is 0 Å². The summed E-state index contributed by atoms with van der Waals surface area (Å²) in [6.45, 7) is 4.21. The molecule has 2 rings (SSSR count). The number of hydrogen-bond acceptors (Lipinski definition) is 0. The zero-order chi connectivity index (χ0) is 13.9. The molecule has 0 nitrogen and oxygen atoms in total. The number of benzene rings is 1. The predicted molar refractivity (Wildman–Crippen MR) is 81.6 cm³/mol. The Kier molecular flexibility index (Phi) is 7.57. The van der Waals surface area contributed by atoms with Crippen LogP contribution in [0.4, 0.5) is 4.39 Å². The van der Waals surface area contributed by atoms with Crippen LogP contribution in [-0.4, -0.2) is 0 Å². The molecule has 0 fully saturated rings. The van der Waals surface area contributed by atoms with Crippen LogP contribution in [0.2, 0.25) is 0 Å². The summed E-state index contributed by atoms with van der Waals surface area (Å²) >= 11 is 0. The summed E-state index contributed by atoms with van der Waals surface area (Å²) in [5, 5.41) is 0. The Morgan fingerprint density at radius 3 is 2.42 bits per heavy atom. The smallest absolute Gasteiger partial charge is 0.123 e. The van der Waals surface area contributed by atoms with Crippen LogP contribution in [0.15, 0.2) is 60.7 Å². The first-order chi connectivity index (χ1) is 9.26. The normalized spacial score (nSPS) is 17.3. The fourth-order valence-electron chi connectivity index (χ4n) is 1.77. The lowest BCUT2D eigenvalue weighted by atomic mass is 10.0. The maximum Gasteiger partial charge on any atom is 0.123 e. The van der Waals surface area contributed by atoms with Gasteiger partial charge in [0.05, 0.1) is 0 Å². The van der Waals surface area contributed by atoms with Gasteiger partial charge in [-0.15, -0.1) is 0 Å². The van der Waals surface area contributed by atoms with Crippen LogP contribution in [0.3, 0.4) is 0 Å². The molecule has 1 aliphatic rings. The van der Waals surface area contributed by atoms with Crippen molar-refractivity contribution in [3.63, 3.8) is 0 Å². The second-order valence-electron chi connectivity index (χ2n) is 4.53. The van der Waals surface area contributed by atoms with E-state index >= 15 is 0 Å². The average molecular weight is 258 g/mol. The monoisotopic (exact) mass is 258 g/mol. The maximum absolute atomic E-state index is 12.2. The zero-order valence-corrected chi connectivity index (χ0v) is 11.9. The van der Waals surface area contributed by atoms with Crippen molar-refractivity contribution in [3.05, 3.63) is 72.1 Å². The van der Waals surface area contributed by atoms with E-state index < -0.39 is 0 Å². The number of rotatable bonds is 3. The third-order valence-electron chi connectivity index (χ3n) is 2.95. The minimum atomic E-state index is -0.160. The Labute approximate surface area is 116 Å². The third-order valence-corrected chi connectivity index (χ3v) is 2.95. The Morgan fingerprint density at radius 1 is 1.16 bits per heavy atom. The number of hydrogen-bond donors (Lipinski definition) is 0. The Morgan fingerprint density at radius 2 is 1.89 bits per heavy atom. The van der Waals surface area contributed by atoms with E-state index in [0.717, 1.165) is 12.8 Å². The van der Waals surface area contributed by atoms with Crippen molar-refractivity contribution in [2.75, 3.05) is 0 Å². The Hall–Kier alpha value is -1.63. The Bertz CT molecular complexity index is 424. The van der Waals surface area contributed by atoms with Crippen LogP contribution in [0.1, 0.15) is 32.3 Å². The molecule has 0 N–H and O–H groups in total. The van der Waals surface area contributed by atoms with E-state index in [-0.39, 0.29) is 5.82 Å². The second kappa shape index (κ2) is 9.32. The van der Waals surface area contributed by atoms with E-state index in [1.54, 1.807) is 12.1 Å². The van der Waals surface area contributed by atoms with Crippen molar-refractivity contribution in [1.82, 2.24) is 0 Å². The lowest BCUT2D eigenvalue weighted by molar-refractivity contribution is 0.627. The first-order valence-electron chi connectivity index (χ1n) is 7.00. The van der Waals surface area contributed by atoms with E-state index in [1.165, 1.54) is 24.1 Å². The quantitative estimate of drug-likeness (QED) is 0.630. The van der Waals surface area contributed by atoms with Crippen molar-refractivity contribution in [2.24, 2.45) is 5.92 Å². The molecule has 1 aromatic rings. The molecule has 0 heterocycles. The number of allylic oxidation sites excluding steroid dienone is 6. The minimum absolute atomic E-state index is 0.160. The van der Waals surface area contributed by atoms with Gasteiger partial charge in [-0.05, 0) is 42.9 Å². The van der Waals surface area contributed by atoms with Gasteiger partial charge in [-0.25, -0.2) is 4.39 Å². The molecule has 0 saturated carbocycles. The summed E-state index contributed by atoms with van der Waals surface area (Å²) < 4.78 is 12.2. The molecular formula is C18H23F. The van der Waals surface area contributed by atoms with E-state index in [4.69, 9.17) is 0 Å². The summed E-state index contributed by atoms with van der Waals surface area (Å²) in [6.07, 6.45) is 16.5. The summed E-state index contributed by atoms with van der Waals surface area (Å²) in [4.78, 5) is 0. The van der Waals surface area contributed by atoms with Crippen LogP contribution in [0, 0.1) is 11.7 Å². The molecule has 0 radical (unpaired) electrons. The first kappa shape index (κ1) is 15.4. The highest BCUT2D eigenvalue weighted by molar-refractivity contribution is 5.16. The minimum Gasteiger partial charge on any atom is -0.207 e. The van der Waals surface area contributed by atoms with Gasteiger partial charge in [-0.2, -0.15) is 0 Å². The molecule has 0 spiro atoms. The van der Waals surface area contributed by atoms with Crippen LogP contribution in [0.5, 0.6) is 0 Å². The number of halogens is 1. The van der Waals surface area contributed by atoms with Crippen molar-refractivity contribution >= 4 is 0 Å². The van der Waals surface area contributed by atoms with Crippen molar-refractivity contribution in [3.8, 4) is 0 Å². The summed E-state index contributed by atoms with van der Waals surface area (Å²) in [7, 11) is 0. The molecular weight excluding hydrogens is 235 g/mol. The van der Waals surface area contributed by atoms with Gasteiger partial charge in [0.15, 0.2) is 0 Å². The fraction of sp³-hybridized carbons (Fsp3) is 0.333. The van der Waals surface area contributed by atoms with Crippen molar-refractivity contribution < 1.29 is 4.39 Å². The van der Waals surface area contributed by atoms with E-state index in [0.29, 0.717) is 5.92 Å². The second-order valence-corrected chi connectivity index (χ2v) is 4.53. The topological polar surface area (TPSA) is 0 Å². The molecule has 0 bridgehead atoms. The molecule has 0 aliphatic heterocycles. The molecule has 1 aliphatic carbocycles. The van der Waals surface area contributed by atoms with Crippen LogP contribution in [0.25, 0.3) is 0 Å². The third kappa shape index (κ3) is 6.76. The lowest BCUT2D eigenvalue weighted by Gasteiger charge is -2.05. The highest BCUT2D eigenvalue weighted by Gasteiger charge is 1.97. The fourth-order valence-corrected chi connectivity index (χ4v) is 1.77. The van der Waals surface area contributed by atoms with Crippen LogP contribution < -0.4 is 0 Å². The summed E-state index contributed by atoms with van der Waals surface area (Å²) in [6, 6.07) is 6.57. The SMILES string of the molecule is CC/C=C/C1C=CC=CC1.CCc1ccc(F)cc1. The van der Waals surface area contributed by atoms with Gasteiger partial charge in [0, 0.05) is 0 Å². The van der Waals surface area contributed by atoms with Gasteiger partial charge in [0.1, 0.15) is 5.82 Å². The van der Waals surface area contributed by atoms with Crippen molar-refractivity contribution in [1.29, 1.82) is 0 Å². The molecule has 0 amide bonds. The van der Waals surface area contributed by atoms with Gasteiger partial charge in [0.2, 0.25) is 0 Å². The van der Waals surface area contributed by atoms with Crippen molar-refractivity contribution in [2.45, 2.75) is 33.1 Å². The lowest BCUT2D eigenvalue weighted by Crippen LogP contribution is -1.91. The average Bonchev–Trinajstić information content (AvgIpc) is 2.48. The number of aryl methyl sites for hydroxylation is 1. The van der Waals surface area contributed by atoms with Gasteiger partial charge in [-0.1, -0.05) is 62.4 Å². The molecule has 19 heavy (non-hydrogen) atoms. The van der Waals surface area contributed by atoms with Crippen LogP contribution in [-0.2, 0) is 6.42 Å². The highest BCUT2D eigenvalue weighted by Crippen LogP contribution is 2.12. The predicted octanol–water partition coefficient (Wildman–Crippen LogP) is 5.47. The van der Waals surface area contributed by atoms with Gasteiger partial charge in [-0.3, -0.25) is 0 Å². The summed E-state index contributed by atoms with van der Waals surface area (Å²) in [5.41, 5.74) is 1.18. The maximum atomic E-state index is 12.2. The molecule has 1 unspecified atom stereocenters. The summed E-state index contributed by atoms with van der Waals surface area (Å²) in [5.74, 6) is 0.497. The van der Waals surface area contributed by atoms with E-state index in [1.807, 2.05) is 6.92 Å². The van der Waals surface area contributed by atoms with Gasteiger partial charge >= 0.3 is 0 Å². The van der Waals surface area contributed by atoms with E-state index in [9.17, 15) is 4.39 Å². The van der Waals surface area contributed by atoms with Gasteiger partial charge < -0.3 is 0 Å². The zero-order valence-electron chi connectivity index (χ0n) is 11.9. The molecule has 0 saturated heterocycles. The van der Waals surface area contributed by atoms with E-state index in [2.05, 4.69) is 43.4 Å². The standard InChI is InChI=1S/C10H14.C8H9F/c1-2-3-7-10-8-5-4-6-9-10;1-2-7-3-5-8(9)6-4-7/h3-8,10H,2,9H2,1H3;3-6H,2H2,1H3/b7-3+;. The molecule has 1 heteroatoms. The molecule has 0 aromatic heterocycles. The molecule has 102 valence electrons. The van der Waals surface area contributed by atoms with Gasteiger partial charge in [0.25, 0.3) is 0 Å².